The molecular formula is C54H32O. The van der Waals surface area contributed by atoms with Crippen LogP contribution in [0, 0.1) is 0 Å². The highest BCUT2D eigenvalue weighted by molar-refractivity contribution is 6.04. The molecule has 254 valence electrons. The summed E-state index contributed by atoms with van der Waals surface area (Å²) in [5, 5.41) is 2.58. The second kappa shape index (κ2) is 10.4. The monoisotopic (exact) mass is 696 g/mol. The van der Waals surface area contributed by atoms with Gasteiger partial charge in [0.25, 0.3) is 0 Å². The van der Waals surface area contributed by atoms with Gasteiger partial charge in [-0.1, -0.05) is 176 Å². The summed E-state index contributed by atoms with van der Waals surface area (Å²) < 4.78 is 6.93. The van der Waals surface area contributed by atoms with Crippen LogP contribution in [0.4, 0.5) is 0 Å². The van der Waals surface area contributed by atoms with Gasteiger partial charge in [0, 0.05) is 11.1 Å². The molecule has 0 unspecified atom stereocenters. The molecule has 0 bridgehead atoms. The average Bonchev–Trinajstić information content (AvgIpc) is 3.84. The molecule has 1 nitrogen and oxygen atoms in total. The van der Waals surface area contributed by atoms with Gasteiger partial charge in [0.1, 0.15) is 11.5 Å². The Morgan fingerprint density at radius 3 is 1.42 bits per heavy atom. The van der Waals surface area contributed by atoms with E-state index in [1.54, 1.807) is 0 Å². The molecule has 0 amide bonds. The lowest BCUT2D eigenvalue weighted by Crippen LogP contribution is -2.33. The van der Waals surface area contributed by atoms with Gasteiger partial charge >= 0.3 is 0 Å². The summed E-state index contributed by atoms with van der Waals surface area (Å²) in [5.74, 6) is 1.82. The van der Waals surface area contributed by atoms with Crippen LogP contribution in [0.15, 0.2) is 194 Å². The first-order valence-electron chi connectivity index (χ1n) is 19.3. The minimum absolute atomic E-state index is 0.475. The SMILES string of the molecule is c1ccc2c(c1)Oc1cccc(-c3ccc4c(c3)C3(c5ccccc5-c5ccccc53)c3c-4ccc4ccccc34)c1C21c2ccccc2-c2ccccc21. The molecule has 1 heteroatoms. The van der Waals surface area contributed by atoms with Gasteiger partial charge in [-0.2, -0.15) is 0 Å². The maximum atomic E-state index is 6.93. The van der Waals surface area contributed by atoms with Gasteiger partial charge < -0.3 is 4.74 Å². The van der Waals surface area contributed by atoms with Crippen LogP contribution in [-0.4, -0.2) is 0 Å². The fourth-order valence-electron chi connectivity index (χ4n) is 11.2. The standard InChI is InChI=1S/C54H32O/c1-2-15-35-33(14-1)28-31-42-41-30-29-34(32-48(41)54(51(35)42)45-23-9-5-18-39(45)40-19-6-10-24-46(40)54)36-20-13-27-50-52(36)53(47-25-11-12-26-49(47)55-50)43-21-7-3-16-37(43)38-17-4-8-22-44(38)53/h1-32H. The zero-order valence-corrected chi connectivity index (χ0v) is 29.9. The van der Waals surface area contributed by atoms with Crippen molar-refractivity contribution in [2.75, 3.05) is 0 Å². The maximum Gasteiger partial charge on any atom is 0.132 e. The van der Waals surface area contributed by atoms with Crippen LogP contribution in [0.2, 0.25) is 0 Å². The van der Waals surface area contributed by atoms with Crippen molar-refractivity contribution < 1.29 is 4.74 Å². The van der Waals surface area contributed by atoms with Gasteiger partial charge in [0.2, 0.25) is 0 Å². The van der Waals surface area contributed by atoms with Crippen molar-refractivity contribution in [3.63, 3.8) is 0 Å². The van der Waals surface area contributed by atoms with E-state index in [0.29, 0.717) is 0 Å². The smallest absolute Gasteiger partial charge is 0.132 e. The van der Waals surface area contributed by atoms with Crippen LogP contribution in [0.5, 0.6) is 11.5 Å². The number of hydrogen-bond acceptors (Lipinski definition) is 1. The number of hydrogen-bond donors (Lipinski definition) is 0. The first-order chi connectivity index (χ1) is 27.3. The van der Waals surface area contributed by atoms with E-state index in [1.165, 1.54) is 99.8 Å². The molecule has 0 saturated heterocycles. The zero-order chi connectivity index (χ0) is 35.9. The van der Waals surface area contributed by atoms with Crippen LogP contribution in [-0.2, 0) is 10.8 Å². The molecule has 0 atom stereocenters. The third-order valence-electron chi connectivity index (χ3n) is 13.1. The predicted octanol–water partition coefficient (Wildman–Crippen LogP) is 13.3. The first-order valence-corrected chi connectivity index (χ1v) is 19.3. The molecule has 0 N–H and O–H groups in total. The highest BCUT2D eigenvalue weighted by Crippen LogP contribution is 2.66. The molecule has 13 rings (SSSR count). The van der Waals surface area contributed by atoms with Crippen molar-refractivity contribution in [2.45, 2.75) is 10.8 Å². The van der Waals surface area contributed by atoms with Crippen LogP contribution in [0.3, 0.4) is 0 Å². The lowest BCUT2D eigenvalue weighted by atomic mass is 9.64. The van der Waals surface area contributed by atoms with Crippen molar-refractivity contribution in [3.05, 3.63) is 239 Å². The average molecular weight is 697 g/mol. The van der Waals surface area contributed by atoms with Crippen LogP contribution in [0.1, 0.15) is 44.5 Å². The maximum absolute atomic E-state index is 6.93. The normalized spacial score (nSPS) is 15.0. The topological polar surface area (TPSA) is 9.23 Å². The Bertz CT molecular complexity index is 3050. The molecule has 9 aromatic carbocycles. The number of rotatable bonds is 1. The van der Waals surface area contributed by atoms with E-state index in [-0.39, 0.29) is 0 Å². The van der Waals surface area contributed by atoms with Gasteiger partial charge in [0.15, 0.2) is 0 Å². The molecule has 1 heterocycles. The second-order valence-electron chi connectivity index (χ2n) is 15.4. The van der Waals surface area contributed by atoms with E-state index >= 15 is 0 Å². The number of ether oxygens (including phenoxy) is 1. The van der Waals surface area contributed by atoms with Gasteiger partial charge in [-0.05, 0) is 107 Å². The van der Waals surface area contributed by atoms with E-state index in [0.717, 1.165) is 11.5 Å². The summed E-state index contributed by atoms with van der Waals surface area (Å²) >= 11 is 0. The van der Waals surface area contributed by atoms with E-state index < -0.39 is 10.8 Å². The van der Waals surface area contributed by atoms with Gasteiger partial charge in [-0.25, -0.2) is 0 Å². The fourth-order valence-corrected chi connectivity index (χ4v) is 11.2. The predicted molar refractivity (Wildman–Crippen MR) is 223 cm³/mol. The van der Waals surface area contributed by atoms with Crippen molar-refractivity contribution in [2.24, 2.45) is 0 Å². The molecule has 0 radical (unpaired) electrons. The number of benzene rings is 9. The van der Waals surface area contributed by atoms with Crippen molar-refractivity contribution >= 4 is 10.8 Å². The summed E-state index contributed by atoms with van der Waals surface area (Å²) in [6.07, 6.45) is 0. The summed E-state index contributed by atoms with van der Waals surface area (Å²) in [4.78, 5) is 0. The summed E-state index contributed by atoms with van der Waals surface area (Å²) in [5.41, 5.74) is 19.6. The lowest BCUT2D eigenvalue weighted by Gasteiger charge is -2.40. The minimum atomic E-state index is -0.559. The minimum Gasteiger partial charge on any atom is -0.457 e. The summed E-state index contributed by atoms with van der Waals surface area (Å²) in [7, 11) is 0. The third kappa shape index (κ3) is 3.42. The van der Waals surface area contributed by atoms with E-state index in [9.17, 15) is 0 Å². The number of fused-ring (bicyclic) bond motifs is 21. The molecule has 0 saturated carbocycles. The first kappa shape index (κ1) is 29.5. The Labute approximate surface area is 319 Å². The second-order valence-corrected chi connectivity index (χ2v) is 15.4. The van der Waals surface area contributed by atoms with E-state index in [1.807, 2.05) is 0 Å². The Morgan fingerprint density at radius 2 is 0.764 bits per heavy atom. The van der Waals surface area contributed by atoms with Crippen LogP contribution < -0.4 is 4.74 Å². The van der Waals surface area contributed by atoms with Crippen molar-refractivity contribution in [1.82, 2.24) is 0 Å². The van der Waals surface area contributed by atoms with Crippen molar-refractivity contribution in [1.29, 1.82) is 0 Å². The Balaban J connectivity index is 1.15. The van der Waals surface area contributed by atoms with E-state index in [2.05, 4.69) is 194 Å². The molecule has 9 aromatic rings. The zero-order valence-electron chi connectivity index (χ0n) is 29.9. The van der Waals surface area contributed by atoms with Gasteiger partial charge in [0.05, 0.1) is 10.8 Å². The highest BCUT2D eigenvalue weighted by Gasteiger charge is 2.54. The molecule has 1 aliphatic heterocycles. The summed E-state index contributed by atoms with van der Waals surface area (Å²) in [6, 6.07) is 72.4. The number of para-hydroxylation sites is 1. The quantitative estimate of drug-likeness (QED) is 0.166. The van der Waals surface area contributed by atoms with Gasteiger partial charge in [-0.3, -0.25) is 0 Å². The Hall–Kier alpha value is -6.96. The Kier molecular flexibility index (Phi) is 5.56. The molecule has 4 aliphatic rings. The molecule has 0 aromatic heterocycles. The molecule has 3 aliphatic carbocycles. The van der Waals surface area contributed by atoms with Crippen molar-refractivity contribution in [3.8, 4) is 56.0 Å². The lowest BCUT2D eigenvalue weighted by molar-refractivity contribution is 0.437. The van der Waals surface area contributed by atoms with Gasteiger partial charge in [-0.15, -0.1) is 0 Å². The molecule has 0 fully saturated rings. The fraction of sp³-hybridized carbons (Fsp3) is 0.0370. The van der Waals surface area contributed by atoms with Crippen LogP contribution >= 0.6 is 0 Å². The molecular weight excluding hydrogens is 665 g/mol. The third-order valence-corrected chi connectivity index (χ3v) is 13.1. The highest BCUT2D eigenvalue weighted by atomic mass is 16.5. The summed E-state index contributed by atoms with van der Waals surface area (Å²) in [6.45, 7) is 0. The molecule has 55 heavy (non-hydrogen) atoms. The van der Waals surface area contributed by atoms with E-state index in [4.69, 9.17) is 4.74 Å². The molecule has 2 spiro atoms. The van der Waals surface area contributed by atoms with Crippen LogP contribution in [0.25, 0.3) is 55.3 Å². The Morgan fingerprint density at radius 1 is 0.291 bits per heavy atom. The largest absolute Gasteiger partial charge is 0.457 e.